The molecule has 18 heavy (non-hydrogen) atoms. The Morgan fingerprint density at radius 3 is 2.17 bits per heavy atom. The summed E-state index contributed by atoms with van der Waals surface area (Å²) in [6.07, 6.45) is 0. The van der Waals surface area contributed by atoms with Crippen LogP contribution in [0.3, 0.4) is 0 Å². The van der Waals surface area contributed by atoms with Crippen molar-refractivity contribution in [2.24, 2.45) is 0 Å². The molecule has 0 saturated carbocycles. The summed E-state index contributed by atoms with van der Waals surface area (Å²) in [5.41, 5.74) is 4.57. The second-order valence-corrected chi connectivity index (χ2v) is 4.57. The Balaban J connectivity index is 2.40. The minimum atomic E-state index is 0.839. The van der Waals surface area contributed by atoms with E-state index >= 15 is 0 Å². The Morgan fingerprint density at radius 2 is 1.39 bits per heavy atom. The van der Waals surface area contributed by atoms with Crippen LogP contribution in [0.15, 0.2) is 60.7 Å². The molecule has 3 aromatic rings. The van der Waals surface area contributed by atoms with Crippen molar-refractivity contribution in [2.45, 2.75) is 6.92 Å². The Labute approximate surface area is 109 Å². The van der Waals surface area contributed by atoms with Gasteiger partial charge in [0, 0.05) is 0 Å². The lowest BCUT2D eigenvalue weighted by Gasteiger charge is -2.12. The van der Waals surface area contributed by atoms with Crippen molar-refractivity contribution in [3.63, 3.8) is 0 Å². The molecule has 84 valence electrons. The average molecular weight is 228 g/mol. The summed E-state index contributed by atoms with van der Waals surface area (Å²) in [6, 6.07) is 20.8. The minimum Gasteiger partial charge on any atom is -0.0884 e. The fraction of sp³-hybridized carbons (Fsp3) is 0.0588. The zero-order valence-electron chi connectivity index (χ0n) is 10.4. The molecule has 0 N–H and O–H groups in total. The van der Waals surface area contributed by atoms with Crippen LogP contribution >= 0.6 is 0 Å². The fourth-order valence-corrected chi connectivity index (χ4v) is 2.47. The monoisotopic (exact) mass is 228 g/mol. The van der Waals surface area contributed by atoms with E-state index in [2.05, 4.69) is 55.5 Å². The maximum atomic E-state index is 6.14. The van der Waals surface area contributed by atoms with Gasteiger partial charge >= 0.3 is 0 Å². The van der Waals surface area contributed by atoms with Crippen molar-refractivity contribution in [1.29, 1.82) is 0 Å². The highest BCUT2D eigenvalue weighted by molar-refractivity contribution is 6.40. The Kier molecular flexibility index (Phi) is 2.68. The van der Waals surface area contributed by atoms with Gasteiger partial charge in [-0.25, -0.2) is 0 Å². The summed E-state index contributed by atoms with van der Waals surface area (Å²) >= 11 is 0. The average Bonchev–Trinajstić information content (AvgIpc) is 2.39. The molecule has 0 atom stereocenters. The summed E-state index contributed by atoms with van der Waals surface area (Å²) in [4.78, 5) is 0. The molecular formula is C17H13B. The van der Waals surface area contributed by atoms with E-state index in [-0.39, 0.29) is 0 Å². The third-order valence-corrected chi connectivity index (χ3v) is 3.37. The van der Waals surface area contributed by atoms with Gasteiger partial charge in [0.15, 0.2) is 0 Å². The molecule has 0 nitrogen and oxygen atoms in total. The standard InChI is InChI=1S/C17H13B/c1-12-6-2-3-9-14(12)15-10-4-7-13-8-5-11-16(18)17(13)15/h2-11H,1H3. The van der Waals surface area contributed by atoms with E-state index in [0.717, 1.165) is 10.8 Å². The molecule has 0 aliphatic rings. The van der Waals surface area contributed by atoms with Crippen LogP contribution in [0.4, 0.5) is 0 Å². The molecule has 3 rings (SSSR count). The molecule has 0 fully saturated rings. The quantitative estimate of drug-likeness (QED) is 0.558. The topological polar surface area (TPSA) is 0 Å². The fourth-order valence-electron chi connectivity index (χ4n) is 2.47. The first-order valence-corrected chi connectivity index (χ1v) is 6.10. The summed E-state index contributed by atoms with van der Waals surface area (Å²) in [6.45, 7) is 2.13. The highest BCUT2D eigenvalue weighted by atomic mass is 14.1. The second kappa shape index (κ2) is 4.34. The third-order valence-electron chi connectivity index (χ3n) is 3.37. The summed E-state index contributed by atoms with van der Waals surface area (Å²) in [5, 5.41) is 2.34. The molecule has 0 heterocycles. The molecule has 0 bridgehead atoms. The van der Waals surface area contributed by atoms with E-state index in [1.54, 1.807) is 0 Å². The van der Waals surface area contributed by atoms with Gasteiger partial charge in [-0.3, -0.25) is 0 Å². The van der Waals surface area contributed by atoms with Gasteiger partial charge in [0.25, 0.3) is 0 Å². The van der Waals surface area contributed by atoms with E-state index in [1.807, 2.05) is 12.1 Å². The molecule has 0 aliphatic carbocycles. The summed E-state index contributed by atoms with van der Waals surface area (Å²) in [5.74, 6) is 0. The number of aryl methyl sites for hydroxylation is 1. The molecule has 0 spiro atoms. The molecule has 3 aromatic carbocycles. The van der Waals surface area contributed by atoms with Crippen molar-refractivity contribution in [1.82, 2.24) is 0 Å². The number of rotatable bonds is 1. The predicted octanol–water partition coefficient (Wildman–Crippen LogP) is 3.61. The number of hydrogen-bond acceptors (Lipinski definition) is 0. The van der Waals surface area contributed by atoms with Gasteiger partial charge in [-0.1, -0.05) is 66.1 Å². The van der Waals surface area contributed by atoms with Crippen LogP contribution in [0, 0.1) is 6.92 Å². The summed E-state index contributed by atoms with van der Waals surface area (Å²) in [7, 11) is 6.14. The SMILES string of the molecule is [B]c1cccc2cccc(-c3ccccc3C)c12. The van der Waals surface area contributed by atoms with Crippen molar-refractivity contribution in [2.75, 3.05) is 0 Å². The minimum absolute atomic E-state index is 0.839. The van der Waals surface area contributed by atoms with Crippen LogP contribution < -0.4 is 5.46 Å². The Morgan fingerprint density at radius 1 is 0.722 bits per heavy atom. The second-order valence-electron chi connectivity index (χ2n) is 4.57. The Bertz CT molecular complexity index is 708. The van der Waals surface area contributed by atoms with Crippen LogP contribution in [-0.4, -0.2) is 7.85 Å². The van der Waals surface area contributed by atoms with Gasteiger partial charge in [-0.15, -0.1) is 0 Å². The van der Waals surface area contributed by atoms with Gasteiger partial charge in [-0.05, 0) is 34.4 Å². The smallest absolute Gasteiger partial charge is 0.0884 e. The number of hydrogen-bond donors (Lipinski definition) is 0. The van der Waals surface area contributed by atoms with Crippen molar-refractivity contribution < 1.29 is 0 Å². The number of fused-ring (bicyclic) bond motifs is 1. The predicted molar refractivity (Wildman–Crippen MR) is 79.5 cm³/mol. The van der Waals surface area contributed by atoms with Crippen LogP contribution in [-0.2, 0) is 0 Å². The molecular weight excluding hydrogens is 215 g/mol. The zero-order valence-corrected chi connectivity index (χ0v) is 10.4. The molecule has 2 radical (unpaired) electrons. The molecule has 0 aliphatic heterocycles. The first kappa shape index (κ1) is 11.1. The molecule has 0 aromatic heterocycles. The highest BCUT2D eigenvalue weighted by Gasteiger charge is 2.06. The van der Waals surface area contributed by atoms with Crippen molar-refractivity contribution in [3.8, 4) is 11.1 Å². The van der Waals surface area contributed by atoms with Crippen LogP contribution in [0.5, 0.6) is 0 Å². The largest absolute Gasteiger partial charge is 0.114 e. The van der Waals surface area contributed by atoms with Crippen molar-refractivity contribution >= 4 is 24.1 Å². The van der Waals surface area contributed by atoms with Gasteiger partial charge in [-0.2, -0.15) is 0 Å². The molecule has 1 heteroatoms. The molecule has 0 unspecified atom stereocenters. The van der Waals surface area contributed by atoms with E-state index in [0.29, 0.717) is 0 Å². The highest BCUT2D eigenvalue weighted by Crippen LogP contribution is 2.29. The van der Waals surface area contributed by atoms with Crippen molar-refractivity contribution in [3.05, 3.63) is 66.2 Å². The van der Waals surface area contributed by atoms with E-state index in [1.165, 1.54) is 22.1 Å². The maximum absolute atomic E-state index is 6.14. The van der Waals surface area contributed by atoms with Crippen LogP contribution in [0.25, 0.3) is 21.9 Å². The molecule has 0 amide bonds. The van der Waals surface area contributed by atoms with Gasteiger partial charge in [0.1, 0.15) is 7.85 Å². The maximum Gasteiger partial charge on any atom is 0.114 e. The third kappa shape index (κ3) is 1.72. The molecule has 0 saturated heterocycles. The Hall–Kier alpha value is -2.02. The van der Waals surface area contributed by atoms with Gasteiger partial charge in [0.05, 0.1) is 0 Å². The number of benzene rings is 3. The van der Waals surface area contributed by atoms with Crippen LogP contribution in [0.2, 0.25) is 0 Å². The first-order valence-electron chi connectivity index (χ1n) is 6.10. The van der Waals surface area contributed by atoms with Gasteiger partial charge < -0.3 is 0 Å². The van der Waals surface area contributed by atoms with Gasteiger partial charge in [0.2, 0.25) is 0 Å². The van der Waals surface area contributed by atoms with E-state index in [9.17, 15) is 0 Å². The first-order chi connectivity index (χ1) is 8.77. The van der Waals surface area contributed by atoms with E-state index in [4.69, 9.17) is 7.85 Å². The lowest BCUT2D eigenvalue weighted by atomic mass is 9.85. The normalized spacial score (nSPS) is 10.7. The lowest BCUT2D eigenvalue weighted by Crippen LogP contribution is -2.04. The van der Waals surface area contributed by atoms with E-state index < -0.39 is 0 Å². The zero-order chi connectivity index (χ0) is 12.5. The van der Waals surface area contributed by atoms with Crippen LogP contribution in [0.1, 0.15) is 5.56 Å². The lowest BCUT2D eigenvalue weighted by molar-refractivity contribution is 1.47. The summed E-state index contributed by atoms with van der Waals surface area (Å²) < 4.78 is 0.